The first kappa shape index (κ1) is 23.3. The molecule has 0 saturated heterocycles. The van der Waals surface area contributed by atoms with Crippen LogP contribution in [0.15, 0.2) is 48.5 Å². The highest BCUT2D eigenvalue weighted by Gasteiger charge is 2.31. The topological polar surface area (TPSA) is 87.2 Å². The van der Waals surface area contributed by atoms with E-state index in [1.807, 2.05) is 36.4 Å². The summed E-state index contributed by atoms with van der Waals surface area (Å²) >= 11 is 0. The van der Waals surface area contributed by atoms with Gasteiger partial charge in [-0.15, -0.1) is 0 Å². The lowest BCUT2D eigenvalue weighted by Crippen LogP contribution is -2.43. The van der Waals surface area contributed by atoms with E-state index in [0.29, 0.717) is 25.8 Å². The molecule has 7 heteroatoms. The van der Waals surface area contributed by atoms with Crippen LogP contribution in [-0.4, -0.2) is 66.2 Å². The van der Waals surface area contributed by atoms with Gasteiger partial charge >= 0.3 is 12.1 Å². The fraction of sp³-hybridized carbons (Fsp3) is 0.400. The van der Waals surface area contributed by atoms with E-state index >= 15 is 0 Å². The summed E-state index contributed by atoms with van der Waals surface area (Å²) in [6, 6.07) is 15.1. The third-order valence-corrected chi connectivity index (χ3v) is 6.14. The summed E-state index contributed by atoms with van der Waals surface area (Å²) in [6.07, 6.45) is 0.885. The highest BCUT2D eigenvalue weighted by molar-refractivity contribution is 5.81. The van der Waals surface area contributed by atoms with Crippen LogP contribution in [0, 0.1) is 0 Å². The number of hydrogen-bond acceptors (Lipinski definition) is 4. The molecule has 0 heterocycles. The minimum Gasteiger partial charge on any atom is -0.480 e. The van der Waals surface area contributed by atoms with Crippen molar-refractivity contribution in [1.82, 2.24) is 9.80 Å². The lowest BCUT2D eigenvalue weighted by atomic mass is 9.98. The van der Waals surface area contributed by atoms with E-state index in [4.69, 9.17) is 4.74 Å². The summed E-state index contributed by atoms with van der Waals surface area (Å²) in [6.45, 7) is 2.19. The zero-order valence-electron chi connectivity index (χ0n) is 18.8. The molecule has 1 aliphatic carbocycles. The number of carboxylic acid groups (broad SMARTS) is 1. The van der Waals surface area contributed by atoms with Gasteiger partial charge in [-0.05, 0) is 41.5 Å². The highest BCUT2D eigenvalue weighted by atomic mass is 16.6. The molecule has 32 heavy (non-hydrogen) atoms. The number of carbonyl (C=O) groups excluding carboxylic acids is 2. The number of nitrogens with zero attached hydrogens (tertiary/aromatic N) is 2. The van der Waals surface area contributed by atoms with Crippen molar-refractivity contribution in [3.05, 3.63) is 59.7 Å². The monoisotopic (exact) mass is 438 g/mol. The number of ether oxygens (including phenoxy) is 1. The normalized spacial score (nSPS) is 13.1. The van der Waals surface area contributed by atoms with Crippen LogP contribution in [0.3, 0.4) is 0 Å². The number of carbonyl (C=O) groups is 3. The number of rotatable bonds is 9. The Labute approximate surface area is 188 Å². The van der Waals surface area contributed by atoms with Gasteiger partial charge in [-0.25, -0.2) is 9.59 Å². The largest absolute Gasteiger partial charge is 0.480 e. The molecule has 0 radical (unpaired) electrons. The number of unbranched alkanes of at least 4 members (excludes halogenated alkanes) is 1. The van der Waals surface area contributed by atoms with Crippen LogP contribution >= 0.6 is 0 Å². The molecule has 0 bridgehead atoms. The molecular formula is C25H30N2O5. The number of hydrogen-bond donors (Lipinski definition) is 1. The molecule has 7 nitrogen and oxygen atoms in total. The van der Waals surface area contributed by atoms with E-state index in [1.165, 1.54) is 14.0 Å². The van der Waals surface area contributed by atoms with Crippen LogP contribution in [0.1, 0.15) is 43.2 Å². The summed E-state index contributed by atoms with van der Waals surface area (Å²) in [5.74, 6) is -1.18. The molecule has 0 aliphatic heterocycles. The zero-order chi connectivity index (χ0) is 23.3. The number of carboxylic acids is 1. The van der Waals surface area contributed by atoms with Gasteiger partial charge in [0.15, 0.2) is 0 Å². The van der Waals surface area contributed by atoms with Gasteiger partial charge in [0.25, 0.3) is 0 Å². The van der Waals surface area contributed by atoms with Gasteiger partial charge in [-0.2, -0.15) is 0 Å². The quantitative estimate of drug-likeness (QED) is 0.599. The van der Waals surface area contributed by atoms with E-state index in [1.54, 1.807) is 11.9 Å². The number of benzene rings is 2. The third kappa shape index (κ3) is 5.10. The second-order valence-electron chi connectivity index (χ2n) is 8.21. The highest BCUT2D eigenvalue weighted by Crippen LogP contribution is 2.44. The summed E-state index contributed by atoms with van der Waals surface area (Å²) in [7, 11) is 3.17. The first-order valence-electron chi connectivity index (χ1n) is 10.8. The van der Waals surface area contributed by atoms with Crippen molar-refractivity contribution in [2.45, 2.75) is 38.1 Å². The smallest absolute Gasteiger partial charge is 0.410 e. The molecule has 0 aromatic heterocycles. The molecule has 3 rings (SSSR count). The molecule has 0 fully saturated rings. The standard InChI is InChI=1S/C25H30N2O5/c1-17(28)26(2)15-9-8-14-23(24(29)30)27(3)25(31)32-16-22-20-12-6-4-10-18(20)19-11-5-7-13-21(19)22/h4-7,10-13,22-23H,8-9,14-16H2,1-3H3,(H,29,30). The Balaban J connectivity index is 1.60. The second kappa shape index (κ2) is 10.3. The van der Waals surface area contributed by atoms with Crippen LogP contribution in [-0.2, 0) is 14.3 Å². The van der Waals surface area contributed by atoms with E-state index in [2.05, 4.69) is 12.1 Å². The number of likely N-dealkylation sites (N-methyl/N-ethyl adjacent to an activating group) is 1. The Morgan fingerprint density at radius 3 is 2.06 bits per heavy atom. The van der Waals surface area contributed by atoms with Crippen LogP contribution in [0.5, 0.6) is 0 Å². The van der Waals surface area contributed by atoms with Gasteiger partial charge in [-0.1, -0.05) is 48.5 Å². The van der Waals surface area contributed by atoms with Crippen molar-refractivity contribution in [1.29, 1.82) is 0 Å². The molecule has 0 saturated carbocycles. The van der Waals surface area contributed by atoms with Gasteiger partial charge in [0.2, 0.25) is 5.91 Å². The van der Waals surface area contributed by atoms with Crippen molar-refractivity contribution >= 4 is 18.0 Å². The van der Waals surface area contributed by atoms with Gasteiger partial charge in [-0.3, -0.25) is 9.69 Å². The van der Waals surface area contributed by atoms with Gasteiger partial charge in [0.1, 0.15) is 12.6 Å². The summed E-state index contributed by atoms with van der Waals surface area (Å²) < 4.78 is 5.58. The van der Waals surface area contributed by atoms with Gasteiger partial charge in [0.05, 0.1) is 0 Å². The zero-order valence-corrected chi connectivity index (χ0v) is 18.8. The molecule has 2 amide bonds. The Kier molecular flexibility index (Phi) is 7.51. The average Bonchev–Trinajstić information content (AvgIpc) is 3.10. The first-order valence-corrected chi connectivity index (χ1v) is 10.8. The second-order valence-corrected chi connectivity index (χ2v) is 8.21. The first-order chi connectivity index (χ1) is 15.3. The molecule has 1 atom stereocenters. The van der Waals surface area contributed by atoms with Crippen molar-refractivity contribution in [3.63, 3.8) is 0 Å². The summed E-state index contributed by atoms with van der Waals surface area (Å²) in [5, 5.41) is 9.62. The van der Waals surface area contributed by atoms with E-state index in [9.17, 15) is 19.5 Å². The third-order valence-electron chi connectivity index (χ3n) is 6.14. The van der Waals surface area contributed by atoms with Crippen molar-refractivity contribution in [2.24, 2.45) is 0 Å². The van der Waals surface area contributed by atoms with Crippen LogP contribution in [0.25, 0.3) is 11.1 Å². The summed E-state index contributed by atoms with van der Waals surface area (Å²) in [5.41, 5.74) is 4.48. The van der Waals surface area contributed by atoms with E-state index in [0.717, 1.165) is 27.2 Å². The van der Waals surface area contributed by atoms with Gasteiger partial charge in [0, 0.05) is 33.5 Å². The molecule has 1 aliphatic rings. The fourth-order valence-corrected chi connectivity index (χ4v) is 4.15. The summed E-state index contributed by atoms with van der Waals surface area (Å²) in [4.78, 5) is 38.5. The number of fused-ring (bicyclic) bond motifs is 3. The Bertz CT molecular complexity index is 944. The molecule has 1 unspecified atom stereocenters. The average molecular weight is 439 g/mol. The van der Waals surface area contributed by atoms with E-state index < -0.39 is 18.1 Å². The maximum Gasteiger partial charge on any atom is 0.410 e. The molecule has 2 aromatic rings. The van der Waals surface area contributed by atoms with E-state index in [-0.39, 0.29) is 18.4 Å². The van der Waals surface area contributed by atoms with Crippen molar-refractivity contribution in [2.75, 3.05) is 27.2 Å². The van der Waals surface area contributed by atoms with Gasteiger partial charge < -0.3 is 14.7 Å². The minimum atomic E-state index is -1.07. The van der Waals surface area contributed by atoms with Crippen LogP contribution in [0.2, 0.25) is 0 Å². The van der Waals surface area contributed by atoms with Crippen LogP contribution < -0.4 is 0 Å². The number of amides is 2. The SMILES string of the molecule is CC(=O)N(C)CCCCC(C(=O)O)N(C)C(=O)OCC1c2ccccc2-c2ccccc21. The fourth-order valence-electron chi connectivity index (χ4n) is 4.15. The molecule has 170 valence electrons. The predicted molar refractivity (Wildman–Crippen MR) is 121 cm³/mol. The van der Waals surface area contributed by atoms with Crippen molar-refractivity contribution in [3.8, 4) is 11.1 Å². The molecular weight excluding hydrogens is 408 g/mol. The number of aliphatic carboxylic acids is 1. The van der Waals surface area contributed by atoms with Crippen molar-refractivity contribution < 1.29 is 24.2 Å². The molecule has 0 spiro atoms. The van der Waals surface area contributed by atoms with Crippen LogP contribution in [0.4, 0.5) is 4.79 Å². The Morgan fingerprint density at radius 1 is 0.969 bits per heavy atom. The maximum atomic E-state index is 12.7. The predicted octanol–water partition coefficient (Wildman–Crippen LogP) is 3.97. The maximum absolute atomic E-state index is 12.7. The molecule has 2 aromatic carbocycles. The lowest BCUT2D eigenvalue weighted by Gasteiger charge is -2.25. The Morgan fingerprint density at radius 2 is 1.53 bits per heavy atom. The minimum absolute atomic E-state index is 0.0319. The molecule has 1 N–H and O–H groups in total. The Hall–Kier alpha value is -3.35. The lowest BCUT2D eigenvalue weighted by molar-refractivity contribution is -0.142.